The van der Waals surface area contributed by atoms with Gasteiger partial charge in [-0.15, -0.1) is 0 Å². The molecule has 1 saturated heterocycles. The van der Waals surface area contributed by atoms with E-state index in [1.807, 2.05) is 13.0 Å². The zero-order valence-corrected chi connectivity index (χ0v) is 12.4. The Morgan fingerprint density at radius 1 is 1.43 bits per heavy atom. The number of carbonyl (C=O) groups excluding carboxylic acids is 1. The zero-order chi connectivity index (χ0) is 15.5. The number of nitriles is 1. The molecule has 0 aromatic heterocycles. The molecule has 1 heterocycles. The highest BCUT2D eigenvalue weighted by Crippen LogP contribution is 2.29. The molecule has 110 valence electrons. The summed E-state index contributed by atoms with van der Waals surface area (Å²) in [5.41, 5.74) is 0.275. The van der Waals surface area contributed by atoms with Crippen molar-refractivity contribution in [3.63, 3.8) is 0 Å². The second-order valence-electron chi connectivity index (χ2n) is 5.01. The summed E-state index contributed by atoms with van der Waals surface area (Å²) in [5.74, 6) is -0.0471. The standard InChI is InChI=1S/C14H15N3O3S/c1-11-4-3-7-17(14(11)16-10-18)21(19,20)13-6-2-5-12(8-13)9-15/h2,5-6,8,11,14H,3-4,7H2,1H3. The van der Waals surface area contributed by atoms with Crippen LogP contribution in [0.5, 0.6) is 0 Å². The van der Waals surface area contributed by atoms with E-state index in [0.29, 0.717) is 13.0 Å². The number of hydrogen-bond donors (Lipinski definition) is 0. The number of piperidine rings is 1. The number of isocyanates is 1. The van der Waals surface area contributed by atoms with Crippen LogP contribution in [-0.2, 0) is 14.8 Å². The molecule has 0 saturated carbocycles. The van der Waals surface area contributed by atoms with E-state index < -0.39 is 16.2 Å². The van der Waals surface area contributed by atoms with Gasteiger partial charge in [-0.05, 0) is 37.0 Å². The molecule has 2 atom stereocenters. The molecule has 1 aliphatic heterocycles. The first-order valence-electron chi connectivity index (χ1n) is 6.59. The summed E-state index contributed by atoms with van der Waals surface area (Å²) in [5, 5.41) is 8.89. The first kappa shape index (κ1) is 15.4. The zero-order valence-electron chi connectivity index (χ0n) is 11.6. The van der Waals surface area contributed by atoms with E-state index in [9.17, 15) is 13.2 Å². The van der Waals surface area contributed by atoms with Gasteiger partial charge in [-0.1, -0.05) is 13.0 Å². The van der Waals surface area contributed by atoms with Crippen LogP contribution in [0.1, 0.15) is 25.3 Å². The van der Waals surface area contributed by atoms with Crippen LogP contribution in [0.4, 0.5) is 0 Å². The highest BCUT2D eigenvalue weighted by molar-refractivity contribution is 7.89. The normalized spacial score (nSPS) is 23.0. The molecule has 0 radical (unpaired) electrons. The fourth-order valence-electron chi connectivity index (χ4n) is 2.50. The van der Waals surface area contributed by atoms with Crippen LogP contribution in [0.2, 0.25) is 0 Å². The van der Waals surface area contributed by atoms with Gasteiger partial charge in [0.05, 0.1) is 16.5 Å². The molecule has 6 nitrogen and oxygen atoms in total. The Morgan fingerprint density at radius 3 is 2.86 bits per heavy atom. The summed E-state index contributed by atoms with van der Waals surface area (Å²) in [6.45, 7) is 2.16. The van der Waals surface area contributed by atoms with E-state index >= 15 is 0 Å². The second-order valence-corrected chi connectivity index (χ2v) is 6.90. The van der Waals surface area contributed by atoms with Crippen LogP contribution in [0.25, 0.3) is 0 Å². The van der Waals surface area contributed by atoms with Crippen LogP contribution in [0, 0.1) is 17.2 Å². The van der Waals surface area contributed by atoms with Gasteiger partial charge in [0, 0.05) is 6.54 Å². The second kappa shape index (κ2) is 6.19. The van der Waals surface area contributed by atoms with Crippen LogP contribution < -0.4 is 0 Å². The lowest BCUT2D eigenvalue weighted by Gasteiger charge is -2.35. The number of nitrogens with zero attached hydrogens (tertiary/aromatic N) is 3. The fraction of sp³-hybridized carbons (Fsp3) is 0.429. The van der Waals surface area contributed by atoms with Crippen LogP contribution in [0.15, 0.2) is 34.2 Å². The lowest BCUT2D eigenvalue weighted by molar-refractivity contribution is 0.194. The smallest absolute Gasteiger partial charge is 0.211 e. The molecule has 1 aromatic rings. The van der Waals surface area contributed by atoms with Crippen molar-refractivity contribution >= 4 is 16.1 Å². The van der Waals surface area contributed by atoms with Crippen molar-refractivity contribution in [2.75, 3.05) is 6.54 Å². The third kappa shape index (κ3) is 3.03. The molecule has 21 heavy (non-hydrogen) atoms. The van der Waals surface area contributed by atoms with Gasteiger partial charge in [-0.3, -0.25) is 0 Å². The van der Waals surface area contributed by atoms with Gasteiger partial charge in [0.15, 0.2) is 0 Å². The predicted molar refractivity (Wildman–Crippen MR) is 75.4 cm³/mol. The highest BCUT2D eigenvalue weighted by Gasteiger charge is 2.37. The minimum Gasteiger partial charge on any atom is -0.211 e. The van der Waals surface area contributed by atoms with Crippen molar-refractivity contribution in [3.05, 3.63) is 29.8 Å². The van der Waals surface area contributed by atoms with Gasteiger partial charge < -0.3 is 0 Å². The largest absolute Gasteiger partial charge is 0.244 e. The monoisotopic (exact) mass is 305 g/mol. The maximum absolute atomic E-state index is 12.7. The van der Waals surface area contributed by atoms with Crippen molar-refractivity contribution in [1.29, 1.82) is 5.26 Å². The van der Waals surface area contributed by atoms with Crippen molar-refractivity contribution in [2.45, 2.75) is 30.8 Å². The summed E-state index contributed by atoms with van der Waals surface area (Å²) in [6.07, 6.45) is 2.25. The lowest BCUT2D eigenvalue weighted by Crippen LogP contribution is -2.46. The molecule has 0 aliphatic carbocycles. The minimum absolute atomic E-state index is 0.0433. The number of benzene rings is 1. The Bertz CT molecular complexity index is 717. The van der Waals surface area contributed by atoms with E-state index in [4.69, 9.17) is 5.26 Å². The molecule has 1 aliphatic rings. The topological polar surface area (TPSA) is 90.6 Å². The molecule has 0 amide bonds. The molecule has 0 bridgehead atoms. The lowest BCUT2D eigenvalue weighted by atomic mass is 9.98. The number of sulfonamides is 1. The summed E-state index contributed by atoms with van der Waals surface area (Å²) < 4.78 is 26.7. The maximum Gasteiger partial charge on any atom is 0.244 e. The molecule has 2 rings (SSSR count). The van der Waals surface area contributed by atoms with E-state index in [1.54, 1.807) is 6.07 Å². The highest BCUT2D eigenvalue weighted by atomic mass is 32.2. The van der Waals surface area contributed by atoms with Gasteiger partial charge in [0.2, 0.25) is 16.1 Å². The first-order valence-corrected chi connectivity index (χ1v) is 8.03. The Hall–Kier alpha value is -2.00. The molecule has 0 spiro atoms. The fourth-order valence-corrected chi connectivity index (χ4v) is 4.21. The minimum atomic E-state index is -3.79. The molecule has 0 N–H and O–H groups in total. The van der Waals surface area contributed by atoms with Crippen LogP contribution >= 0.6 is 0 Å². The molecule has 2 unspecified atom stereocenters. The van der Waals surface area contributed by atoms with Crippen molar-refractivity contribution in [2.24, 2.45) is 10.9 Å². The SMILES string of the molecule is CC1CCCN(S(=O)(=O)c2cccc(C#N)c2)C1N=C=O. The van der Waals surface area contributed by atoms with Crippen molar-refractivity contribution in [3.8, 4) is 6.07 Å². The maximum atomic E-state index is 12.7. The molecule has 7 heteroatoms. The van der Waals surface area contributed by atoms with Crippen LogP contribution in [0.3, 0.4) is 0 Å². The van der Waals surface area contributed by atoms with Gasteiger partial charge in [0.1, 0.15) is 6.17 Å². The average molecular weight is 305 g/mol. The Morgan fingerprint density at radius 2 is 2.19 bits per heavy atom. The Labute approximate surface area is 123 Å². The van der Waals surface area contributed by atoms with Gasteiger partial charge in [-0.25, -0.2) is 13.2 Å². The van der Waals surface area contributed by atoms with Gasteiger partial charge in [0.25, 0.3) is 0 Å². The average Bonchev–Trinajstić information content (AvgIpc) is 2.49. The summed E-state index contributed by atoms with van der Waals surface area (Å²) in [7, 11) is -3.79. The Kier molecular flexibility index (Phi) is 4.53. The van der Waals surface area contributed by atoms with Crippen molar-refractivity contribution in [1.82, 2.24) is 4.31 Å². The third-order valence-electron chi connectivity index (χ3n) is 3.60. The molecular formula is C14H15N3O3S. The predicted octanol–water partition coefficient (Wildman–Crippen LogP) is 1.64. The van der Waals surface area contributed by atoms with Gasteiger partial charge >= 0.3 is 0 Å². The molecule has 1 fully saturated rings. The summed E-state index contributed by atoms with van der Waals surface area (Å²) in [4.78, 5) is 14.3. The summed E-state index contributed by atoms with van der Waals surface area (Å²) in [6, 6.07) is 7.76. The summed E-state index contributed by atoms with van der Waals surface area (Å²) >= 11 is 0. The third-order valence-corrected chi connectivity index (χ3v) is 5.46. The Balaban J connectivity index is 2.45. The number of rotatable bonds is 3. The van der Waals surface area contributed by atoms with Crippen molar-refractivity contribution < 1.29 is 13.2 Å². The van der Waals surface area contributed by atoms with E-state index in [-0.39, 0.29) is 16.4 Å². The first-order chi connectivity index (χ1) is 10.0. The number of aliphatic imine (C=N–C) groups is 1. The molecular weight excluding hydrogens is 290 g/mol. The van der Waals surface area contributed by atoms with E-state index in [2.05, 4.69) is 4.99 Å². The number of hydrogen-bond acceptors (Lipinski definition) is 5. The quantitative estimate of drug-likeness (QED) is 0.627. The molecule has 1 aromatic carbocycles. The van der Waals surface area contributed by atoms with E-state index in [0.717, 1.165) is 6.42 Å². The van der Waals surface area contributed by atoms with Crippen LogP contribution in [-0.4, -0.2) is 31.5 Å². The van der Waals surface area contributed by atoms with E-state index in [1.165, 1.54) is 28.6 Å². The van der Waals surface area contributed by atoms with Gasteiger partial charge in [-0.2, -0.15) is 14.6 Å².